The van der Waals surface area contributed by atoms with Crippen LogP contribution in [0.4, 0.5) is 10.1 Å². The van der Waals surface area contributed by atoms with Crippen LogP contribution in [0.2, 0.25) is 0 Å². The number of halogens is 1. The van der Waals surface area contributed by atoms with Gasteiger partial charge in [-0.05, 0) is 49.1 Å². The fourth-order valence-corrected chi connectivity index (χ4v) is 1.68. The van der Waals surface area contributed by atoms with E-state index in [9.17, 15) is 4.39 Å². The molecule has 0 aliphatic rings. The highest BCUT2D eigenvalue weighted by molar-refractivity contribution is 5.46. The maximum absolute atomic E-state index is 13.1. The second-order valence-corrected chi connectivity index (χ2v) is 4.64. The van der Waals surface area contributed by atoms with Crippen molar-refractivity contribution >= 4 is 5.69 Å². The van der Waals surface area contributed by atoms with Gasteiger partial charge in [0.05, 0.1) is 0 Å². The summed E-state index contributed by atoms with van der Waals surface area (Å²) in [7, 11) is 0. The standard InChI is InChI=1S/C13H21FN2/c1-9(2)11(7-15)8-16-13-5-10(3)4-12(14)6-13/h4-6,9,11,16H,7-8,15H2,1-3H3. The maximum atomic E-state index is 13.1. The number of hydrogen-bond acceptors (Lipinski definition) is 2. The maximum Gasteiger partial charge on any atom is 0.125 e. The Labute approximate surface area is 97.0 Å². The van der Waals surface area contributed by atoms with Crippen LogP contribution >= 0.6 is 0 Å². The average Bonchev–Trinajstić information content (AvgIpc) is 2.16. The van der Waals surface area contributed by atoms with Crippen molar-refractivity contribution < 1.29 is 4.39 Å². The number of aryl methyl sites for hydroxylation is 1. The first kappa shape index (κ1) is 13.0. The number of rotatable bonds is 5. The fourth-order valence-electron chi connectivity index (χ4n) is 1.68. The molecule has 0 radical (unpaired) electrons. The van der Waals surface area contributed by atoms with E-state index in [1.165, 1.54) is 12.1 Å². The highest BCUT2D eigenvalue weighted by Gasteiger charge is 2.10. The van der Waals surface area contributed by atoms with Crippen LogP contribution in [0.1, 0.15) is 19.4 Å². The molecule has 0 saturated carbocycles. The van der Waals surface area contributed by atoms with Crippen LogP contribution in [0.25, 0.3) is 0 Å². The van der Waals surface area contributed by atoms with E-state index in [1.54, 1.807) is 0 Å². The van der Waals surface area contributed by atoms with Gasteiger partial charge < -0.3 is 11.1 Å². The van der Waals surface area contributed by atoms with E-state index >= 15 is 0 Å². The molecule has 0 amide bonds. The van der Waals surface area contributed by atoms with Gasteiger partial charge in [-0.25, -0.2) is 4.39 Å². The summed E-state index contributed by atoms with van der Waals surface area (Å²) < 4.78 is 13.1. The Kier molecular flexibility index (Phi) is 4.74. The molecule has 1 rings (SSSR count). The molecule has 0 aromatic heterocycles. The molecule has 0 aliphatic carbocycles. The molecule has 1 aromatic rings. The van der Waals surface area contributed by atoms with Crippen LogP contribution in [0.5, 0.6) is 0 Å². The van der Waals surface area contributed by atoms with Gasteiger partial charge in [0.2, 0.25) is 0 Å². The summed E-state index contributed by atoms with van der Waals surface area (Å²) in [5.74, 6) is 0.757. The summed E-state index contributed by atoms with van der Waals surface area (Å²) in [6.45, 7) is 7.62. The van der Waals surface area contributed by atoms with Crippen LogP contribution in [0, 0.1) is 24.6 Å². The van der Waals surface area contributed by atoms with Crippen LogP contribution in [-0.2, 0) is 0 Å². The van der Waals surface area contributed by atoms with Gasteiger partial charge >= 0.3 is 0 Å². The Morgan fingerprint density at radius 3 is 2.50 bits per heavy atom. The molecule has 0 fully saturated rings. The van der Waals surface area contributed by atoms with Gasteiger partial charge in [0.1, 0.15) is 5.82 Å². The average molecular weight is 224 g/mol. The van der Waals surface area contributed by atoms with Gasteiger partial charge in [0.15, 0.2) is 0 Å². The third kappa shape index (κ3) is 3.81. The Morgan fingerprint density at radius 1 is 1.31 bits per heavy atom. The zero-order valence-corrected chi connectivity index (χ0v) is 10.3. The summed E-state index contributed by atoms with van der Waals surface area (Å²) in [6, 6.07) is 4.98. The SMILES string of the molecule is Cc1cc(F)cc(NCC(CN)C(C)C)c1. The van der Waals surface area contributed by atoms with Gasteiger partial charge in [0.25, 0.3) is 0 Å². The van der Waals surface area contributed by atoms with Crippen molar-refractivity contribution in [3.8, 4) is 0 Å². The van der Waals surface area contributed by atoms with E-state index in [4.69, 9.17) is 5.73 Å². The Balaban J connectivity index is 2.60. The number of nitrogens with two attached hydrogens (primary N) is 1. The summed E-state index contributed by atoms with van der Waals surface area (Å²) in [5.41, 5.74) is 7.44. The molecule has 0 heterocycles. The molecule has 0 saturated heterocycles. The third-order valence-corrected chi connectivity index (χ3v) is 2.86. The molecular formula is C13H21FN2. The van der Waals surface area contributed by atoms with Crippen molar-refractivity contribution in [2.45, 2.75) is 20.8 Å². The lowest BCUT2D eigenvalue weighted by Gasteiger charge is -2.20. The molecular weight excluding hydrogens is 203 g/mol. The molecule has 1 aromatic carbocycles. The summed E-state index contributed by atoms with van der Waals surface area (Å²) in [5, 5.41) is 3.24. The van der Waals surface area contributed by atoms with Crippen LogP contribution in [0.15, 0.2) is 18.2 Å². The molecule has 1 unspecified atom stereocenters. The Morgan fingerprint density at radius 2 is 2.00 bits per heavy atom. The van der Waals surface area contributed by atoms with Gasteiger partial charge in [-0.2, -0.15) is 0 Å². The number of benzene rings is 1. The van der Waals surface area contributed by atoms with Crippen LogP contribution in [0.3, 0.4) is 0 Å². The van der Waals surface area contributed by atoms with Gasteiger partial charge in [-0.15, -0.1) is 0 Å². The topological polar surface area (TPSA) is 38.0 Å². The molecule has 3 N–H and O–H groups in total. The van der Waals surface area contributed by atoms with E-state index in [1.807, 2.05) is 13.0 Å². The largest absolute Gasteiger partial charge is 0.385 e. The third-order valence-electron chi connectivity index (χ3n) is 2.86. The van der Waals surface area contributed by atoms with E-state index < -0.39 is 0 Å². The van der Waals surface area contributed by atoms with Crippen molar-refractivity contribution in [3.63, 3.8) is 0 Å². The number of anilines is 1. The molecule has 90 valence electrons. The lowest BCUT2D eigenvalue weighted by Crippen LogP contribution is -2.27. The van der Waals surface area contributed by atoms with Gasteiger partial charge in [-0.3, -0.25) is 0 Å². The zero-order chi connectivity index (χ0) is 12.1. The highest BCUT2D eigenvalue weighted by atomic mass is 19.1. The monoisotopic (exact) mass is 224 g/mol. The first-order valence-corrected chi connectivity index (χ1v) is 5.74. The minimum absolute atomic E-state index is 0.198. The Hall–Kier alpha value is -1.09. The molecule has 0 aliphatic heterocycles. The summed E-state index contributed by atoms with van der Waals surface area (Å²) >= 11 is 0. The van der Waals surface area contributed by atoms with E-state index in [2.05, 4.69) is 19.2 Å². The van der Waals surface area contributed by atoms with E-state index in [0.717, 1.165) is 17.8 Å². The molecule has 1 atom stereocenters. The molecule has 16 heavy (non-hydrogen) atoms. The highest BCUT2D eigenvalue weighted by Crippen LogP contribution is 2.15. The second kappa shape index (κ2) is 5.85. The lowest BCUT2D eigenvalue weighted by atomic mass is 9.96. The van der Waals surface area contributed by atoms with Crippen molar-refractivity contribution in [1.82, 2.24) is 0 Å². The molecule has 3 heteroatoms. The van der Waals surface area contributed by atoms with E-state index in [0.29, 0.717) is 18.4 Å². The first-order valence-electron chi connectivity index (χ1n) is 5.74. The van der Waals surface area contributed by atoms with Crippen LogP contribution < -0.4 is 11.1 Å². The molecule has 0 spiro atoms. The lowest BCUT2D eigenvalue weighted by molar-refractivity contribution is 0.413. The van der Waals surface area contributed by atoms with Gasteiger partial charge in [-0.1, -0.05) is 13.8 Å². The zero-order valence-electron chi connectivity index (χ0n) is 10.3. The van der Waals surface area contributed by atoms with Crippen molar-refractivity contribution in [3.05, 3.63) is 29.6 Å². The quantitative estimate of drug-likeness (QED) is 0.807. The van der Waals surface area contributed by atoms with E-state index in [-0.39, 0.29) is 5.82 Å². The van der Waals surface area contributed by atoms with Crippen LogP contribution in [-0.4, -0.2) is 13.1 Å². The predicted octanol–water partition coefficient (Wildman–Crippen LogP) is 2.78. The smallest absolute Gasteiger partial charge is 0.125 e. The Bertz CT molecular complexity index is 316. The minimum atomic E-state index is -0.198. The predicted molar refractivity (Wildman–Crippen MR) is 67.0 cm³/mol. The van der Waals surface area contributed by atoms with Crippen molar-refractivity contribution in [1.29, 1.82) is 0 Å². The molecule has 0 bridgehead atoms. The summed E-state index contributed by atoms with van der Waals surface area (Å²) in [4.78, 5) is 0. The van der Waals surface area contributed by atoms with Gasteiger partial charge in [0, 0.05) is 12.2 Å². The first-order chi connectivity index (χ1) is 7.52. The number of hydrogen-bond donors (Lipinski definition) is 2. The fraction of sp³-hybridized carbons (Fsp3) is 0.538. The van der Waals surface area contributed by atoms with Crippen molar-refractivity contribution in [2.24, 2.45) is 17.6 Å². The normalized spacial score (nSPS) is 12.9. The van der Waals surface area contributed by atoms with Crippen molar-refractivity contribution in [2.75, 3.05) is 18.4 Å². The molecule has 2 nitrogen and oxygen atoms in total. The second-order valence-electron chi connectivity index (χ2n) is 4.64. The minimum Gasteiger partial charge on any atom is -0.385 e. The summed E-state index contributed by atoms with van der Waals surface area (Å²) in [6.07, 6.45) is 0. The number of nitrogens with one attached hydrogen (secondary N) is 1.